The van der Waals surface area contributed by atoms with E-state index in [-0.39, 0.29) is 30.0 Å². The van der Waals surface area contributed by atoms with Crippen LogP contribution in [-0.2, 0) is 14.3 Å². The standard InChI is InChI=1S/C16H23N3O5/c1-12(4-7-15(21)18-11-20)19-16(22)14-6-5-13(10-17-14)24-9-3-8-23-2/h5-6,10-12H,3-4,7-9H2,1-2H3,(H,19,22)(H,18,20,21). The van der Waals surface area contributed by atoms with E-state index in [2.05, 4.69) is 15.6 Å². The predicted molar refractivity (Wildman–Crippen MR) is 86.6 cm³/mol. The molecule has 0 spiro atoms. The van der Waals surface area contributed by atoms with Crippen LogP contribution in [0.3, 0.4) is 0 Å². The molecular weight excluding hydrogens is 314 g/mol. The van der Waals surface area contributed by atoms with Crippen LogP contribution in [0.15, 0.2) is 18.3 Å². The number of nitrogens with zero attached hydrogens (tertiary/aromatic N) is 1. The number of pyridine rings is 1. The van der Waals surface area contributed by atoms with Crippen molar-refractivity contribution in [1.82, 2.24) is 15.6 Å². The normalized spacial score (nSPS) is 11.4. The number of aromatic nitrogens is 1. The van der Waals surface area contributed by atoms with Gasteiger partial charge in [0.2, 0.25) is 12.3 Å². The van der Waals surface area contributed by atoms with E-state index in [0.717, 1.165) is 6.42 Å². The first-order valence-electron chi connectivity index (χ1n) is 7.68. The first kappa shape index (κ1) is 19.6. The van der Waals surface area contributed by atoms with Crippen LogP contribution in [0.1, 0.15) is 36.7 Å². The van der Waals surface area contributed by atoms with Crippen LogP contribution in [0, 0.1) is 0 Å². The zero-order valence-corrected chi connectivity index (χ0v) is 13.9. The second-order valence-electron chi connectivity index (χ2n) is 5.17. The van der Waals surface area contributed by atoms with Crippen molar-refractivity contribution < 1.29 is 23.9 Å². The molecule has 1 rings (SSSR count). The van der Waals surface area contributed by atoms with Gasteiger partial charge in [-0.3, -0.25) is 19.7 Å². The van der Waals surface area contributed by atoms with Gasteiger partial charge < -0.3 is 14.8 Å². The summed E-state index contributed by atoms with van der Waals surface area (Å²) in [5.41, 5.74) is 0.267. The van der Waals surface area contributed by atoms with Crippen molar-refractivity contribution in [2.24, 2.45) is 0 Å². The number of rotatable bonds is 11. The maximum Gasteiger partial charge on any atom is 0.270 e. The number of methoxy groups -OCH3 is 1. The van der Waals surface area contributed by atoms with E-state index >= 15 is 0 Å². The van der Waals surface area contributed by atoms with E-state index < -0.39 is 0 Å². The second-order valence-corrected chi connectivity index (χ2v) is 5.17. The molecular formula is C16H23N3O5. The van der Waals surface area contributed by atoms with E-state index in [1.165, 1.54) is 6.20 Å². The highest BCUT2D eigenvalue weighted by Crippen LogP contribution is 2.10. The van der Waals surface area contributed by atoms with Crippen molar-refractivity contribution in [2.45, 2.75) is 32.2 Å². The molecule has 0 aliphatic heterocycles. The van der Waals surface area contributed by atoms with Crippen LogP contribution in [0.4, 0.5) is 0 Å². The average molecular weight is 337 g/mol. The molecule has 3 amide bonds. The average Bonchev–Trinajstić information content (AvgIpc) is 2.58. The lowest BCUT2D eigenvalue weighted by Gasteiger charge is -2.13. The number of carbonyl (C=O) groups excluding carboxylic acids is 3. The molecule has 0 aromatic carbocycles. The van der Waals surface area contributed by atoms with Crippen molar-refractivity contribution in [3.05, 3.63) is 24.0 Å². The van der Waals surface area contributed by atoms with Crippen molar-refractivity contribution in [3.63, 3.8) is 0 Å². The van der Waals surface area contributed by atoms with Gasteiger partial charge in [0, 0.05) is 32.6 Å². The summed E-state index contributed by atoms with van der Waals surface area (Å²) in [6.45, 7) is 2.91. The van der Waals surface area contributed by atoms with Crippen LogP contribution < -0.4 is 15.4 Å². The molecule has 132 valence electrons. The predicted octanol–water partition coefficient (Wildman–Crippen LogP) is 0.668. The zero-order chi connectivity index (χ0) is 17.8. The summed E-state index contributed by atoms with van der Waals surface area (Å²) in [7, 11) is 1.63. The second kappa shape index (κ2) is 11.1. The quantitative estimate of drug-likeness (QED) is 0.454. The highest BCUT2D eigenvalue weighted by molar-refractivity contribution is 5.92. The Hall–Kier alpha value is -2.48. The Morgan fingerprint density at radius 1 is 1.33 bits per heavy atom. The molecule has 1 atom stereocenters. The number of amides is 3. The third kappa shape index (κ3) is 7.68. The molecule has 0 bridgehead atoms. The van der Waals surface area contributed by atoms with Gasteiger partial charge in [-0.05, 0) is 25.5 Å². The fraction of sp³-hybridized carbons (Fsp3) is 0.500. The smallest absolute Gasteiger partial charge is 0.270 e. The topological polar surface area (TPSA) is 107 Å². The lowest BCUT2D eigenvalue weighted by atomic mass is 10.1. The molecule has 8 nitrogen and oxygen atoms in total. The molecule has 1 heterocycles. The van der Waals surface area contributed by atoms with Gasteiger partial charge in [0.05, 0.1) is 12.8 Å². The van der Waals surface area contributed by atoms with E-state index in [1.807, 2.05) is 0 Å². The van der Waals surface area contributed by atoms with E-state index in [4.69, 9.17) is 9.47 Å². The summed E-state index contributed by atoms with van der Waals surface area (Å²) in [5.74, 6) is -0.121. The minimum absolute atomic E-state index is 0.155. The first-order chi connectivity index (χ1) is 11.6. The molecule has 0 fully saturated rings. The van der Waals surface area contributed by atoms with Gasteiger partial charge in [-0.1, -0.05) is 0 Å². The molecule has 24 heavy (non-hydrogen) atoms. The molecule has 0 aliphatic carbocycles. The number of hydrogen-bond donors (Lipinski definition) is 2. The minimum Gasteiger partial charge on any atom is -0.492 e. The fourth-order valence-corrected chi connectivity index (χ4v) is 1.85. The highest BCUT2D eigenvalue weighted by atomic mass is 16.5. The number of ether oxygens (including phenoxy) is 2. The zero-order valence-electron chi connectivity index (χ0n) is 13.9. The maximum absolute atomic E-state index is 12.0. The third-order valence-electron chi connectivity index (χ3n) is 3.13. The van der Waals surface area contributed by atoms with Gasteiger partial charge >= 0.3 is 0 Å². The SMILES string of the molecule is COCCCOc1ccc(C(=O)NC(C)CCC(=O)NC=O)nc1. The van der Waals surface area contributed by atoms with Gasteiger partial charge in [0.1, 0.15) is 11.4 Å². The molecule has 1 aromatic rings. The van der Waals surface area contributed by atoms with Gasteiger partial charge in [-0.25, -0.2) is 4.98 Å². The highest BCUT2D eigenvalue weighted by Gasteiger charge is 2.12. The van der Waals surface area contributed by atoms with Crippen molar-refractivity contribution in [3.8, 4) is 5.75 Å². The monoisotopic (exact) mass is 337 g/mol. The maximum atomic E-state index is 12.0. The third-order valence-corrected chi connectivity index (χ3v) is 3.13. The van der Waals surface area contributed by atoms with Crippen LogP contribution in [0.25, 0.3) is 0 Å². The Morgan fingerprint density at radius 2 is 2.12 bits per heavy atom. The van der Waals surface area contributed by atoms with Crippen molar-refractivity contribution in [1.29, 1.82) is 0 Å². The molecule has 0 aliphatic rings. The molecule has 2 N–H and O–H groups in total. The largest absolute Gasteiger partial charge is 0.492 e. The Kier molecular flexibility index (Phi) is 9.06. The van der Waals surface area contributed by atoms with Crippen LogP contribution in [-0.4, -0.2) is 49.6 Å². The summed E-state index contributed by atoms with van der Waals surface area (Å²) >= 11 is 0. The van der Waals surface area contributed by atoms with Crippen molar-refractivity contribution >= 4 is 18.2 Å². The summed E-state index contributed by atoms with van der Waals surface area (Å²) in [5, 5.41) is 4.80. The molecule has 0 saturated heterocycles. The molecule has 8 heteroatoms. The van der Waals surface area contributed by atoms with Crippen LogP contribution >= 0.6 is 0 Å². The summed E-state index contributed by atoms with van der Waals surface area (Å²) in [6.07, 6.45) is 3.18. The van der Waals surface area contributed by atoms with E-state index in [0.29, 0.717) is 31.8 Å². The van der Waals surface area contributed by atoms with Gasteiger partial charge in [0.15, 0.2) is 0 Å². The summed E-state index contributed by atoms with van der Waals surface area (Å²) in [6, 6.07) is 3.03. The Balaban J connectivity index is 2.38. The Labute approximate surface area is 140 Å². The van der Waals surface area contributed by atoms with Gasteiger partial charge in [-0.15, -0.1) is 0 Å². The number of carbonyl (C=O) groups is 3. The summed E-state index contributed by atoms with van der Waals surface area (Å²) < 4.78 is 10.4. The lowest BCUT2D eigenvalue weighted by molar-refractivity contribution is -0.125. The van der Waals surface area contributed by atoms with Gasteiger partial charge in [0.25, 0.3) is 5.91 Å². The first-order valence-corrected chi connectivity index (χ1v) is 7.68. The van der Waals surface area contributed by atoms with Crippen LogP contribution in [0.5, 0.6) is 5.75 Å². The number of imide groups is 1. The van der Waals surface area contributed by atoms with E-state index in [9.17, 15) is 14.4 Å². The molecule has 0 radical (unpaired) electrons. The van der Waals surface area contributed by atoms with Crippen molar-refractivity contribution in [2.75, 3.05) is 20.3 Å². The number of hydrogen-bond acceptors (Lipinski definition) is 6. The van der Waals surface area contributed by atoms with E-state index in [1.54, 1.807) is 26.2 Å². The lowest BCUT2D eigenvalue weighted by Crippen LogP contribution is -2.34. The fourth-order valence-electron chi connectivity index (χ4n) is 1.85. The molecule has 1 aromatic heterocycles. The van der Waals surface area contributed by atoms with Crippen LogP contribution in [0.2, 0.25) is 0 Å². The summed E-state index contributed by atoms with van der Waals surface area (Å²) in [4.78, 5) is 37.4. The molecule has 0 saturated carbocycles. The number of nitrogens with one attached hydrogen (secondary N) is 2. The minimum atomic E-state index is -0.376. The Morgan fingerprint density at radius 3 is 2.75 bits per heavy atom. The van der Waals surface area contributed by atoms with Gasteiger partial charge in [-0.2, -0.15) is 0 Å². The Bertz CT molecular complexity index is 533. The molecule has 1 unspecified atom stereocenters.